The summed E-state index contributed by atoms with van der Waals surface area (Å²) in [7, 11) is 1.86. The molecule has 1 heterocycles. The van der Waals surface area contributed by atoms with E-state index in [9.17, 15) is 4.39 Å². The Hall–Kier alpha value is -1.46. The minimum atomic E-state index is -0.309. The van der Waals surface area contributed by atoms with Gasteiger partial charge in [0.25, 0.3) is 0 Å². The summed E-state index contributed by atoms with van der Waals surface area (Å²) in [5.74, 6) is 0.229. The molecule has 1 aromatic heterocycles. The molecule has 0 aliphatic rings. The molecule has 106 valence electrons. The van der Waals surface area contributed by atoms with Crippen LogP contribution in [0.4, 0.5) is 4.39 Å². The smallest absolute Gasteiger partial charge is 0.130 e. The number of nitrogens with one attached hydrogen (secondary N) is 1. The molecule has 0 aliphatic carbocycles. The molecule has 0 bridgehead atoms. The Kier molecular flexibility index (Phi) is 5.09. The van der Waals surface area contributed by atoms with Crippen molar-refractivity contribution in [2.45, 2.75) is 19.6 Å². The van der Waals surface area contributed by atoms with Gasteiger partial charge in [-0.05, 0) is 48.1 Å². The molecular formula is C15H16BrFN2O. The van der Waals surface area contributed by atoms with Crippen LogP contribution in [-0.4, -0.2) is 12.0 Å². The van der Waals surface area contributed by atoms with Gasteiger partial charge in [0.05, 0.1) is 5.69 Å². The summed E-state index contributed by atoms with van der Waals surface area (Å²) in [6.45, 7) is 2.30. The van der Waals surface area contributed by atoms with Gasteiger partial charge in [0.1, 0.15) is 18.2 Å². The first-order valence-corrected chi connectivity index (χ1v) is 7.09. The highest BCUT2D eigenvalue weighted by molar-refractivity contribution is 9.10. The third kappa shape index (κ3) is 3.77. The number of nitrogens with zero attached hydrogens (tertiary/aromatic N) is 1. The minimum absolute atomic E-state index is 0.0866. The first-order valence-electron chi connectivity index (χ1n) is 6.30. The largest absolute Gasteiger partial charge is 0.487 e. The molecule has 1 atom stereocenters. The predicted octanol–water partition coefficient (Wildman–Crippen LogP) is 3.84. The molecule has 5 heteroatoms. The number of pyridine rings is 1. The van der Waals surface area contributed by atoms with Crippen LogP contribution in [0.1, 0.15) is 24.2 Å². The molecule has 2 aromatic rings. The SMILES string of the molecule is CNC(C)c1ccc(F)cc1OCc1ccc(Br)cn1. The van der Waals surface area contributed by atoms with Crippen LogP contribution in [-0.2, 0) is 6.61 Å². The van der Waals surface area contributed by atoms with Gasteiger partial charge in [-0.3, -0.25) is 4.98 Å². The van der Waals surface area contributed by atoms with Crippen LogP contribution >= 0.6 is 15.9 Å². The topological polar surface area (TPSA) is 34.1 Å². The fourth-order valence-corrected chi connectivity index (χ4v) is 2.02. The van der Waals surface area contributed by atoms with Crippen LogP contribution in [0.15, 0.2) is 41.0 Å². The second-order valence-corrected chi connectivity index (χ2v) is 5.36. The Balaban J connectivity index is 2.15. The van der Waals surface area contributed by atoms with Gasteiger partial charge in [-0.2, -0.15) is 0 Å². The van der Waals surface area contributed by atoms with E-state index in [1.807, 2.05) is 26.1 Å². The van der Waals surface area contributed by atoms with Crippen molar-refractivity contribution in [2.24, 2.45) is 0 Å². The average molecular weight is 339 g/mol. The van der Waals surface area contributed by atoms with Crippen LogP contribution in [0.3, 0.4) is 0 Å². The average Bonchev–Trinajstić information content (AvgIpc) is 2.46. The molecule has 2 rings (SSSR count). The van der Waals surface area contributed by atoms with Crippen LogP contribution < -0.4 is 10.1 Å². The maximum atomic E-state index is 13.4. The van der Waals surface area contributed by atoms with Crippen molar-refractivity contribution in [1.29, 1.82) is 0 Å². The van der Waals surface area contributed by atoms with E-state index >= 15 is 0 Å². The van der Waals surface area contributed by atoms with Gasteiger partial charge in [0.15, 0.2) is 0 Å². The lowest BCUT2D eigenvalue weighted by atomic mass is 10.1. The van der Waals surface area contributed by atoms with Crippen LogP contribution in [0.5, 0.6) is 5.75 Å². The summed E-state index contributed by atoms with van der Waals surface area (Å²) in [5.41, 5.74) is 1.71. The fraction of sp³-hybridized carbons (Fsp3) is 0.267. The number of halogens is 2. The number of benzene rings is 1. The Labute approximate surface area is 126 Å². The van der Waals surface area contributed by atoms with Crippen molar-refractivity contribution in [3.63, 3.8) is 0 Å². The van der Waals surface area contributed by atoms with E-state index in [4.69, 9.17) is 4.74 Å². The van der Waals surface area contributed by atoms with Crippen LogP contribution in [0.25, 0.3) is 0 Å². The van der Waals surface area contributed by atoms with Crippen molar-refractivity contribution < 1.29 is 9.13 Å². The second-order valence-electron chi connectivity index (χ2n) is 4.45. The lowest BCUT2D eigenvalue weighted by Crippen LogP contribution is -2.14. The predicted molar refractivity (Wildman–Crippen MR) is 80.1 cm³/mol. The summed E-state index contributed by atoms with van der Waals surface area (Å²) >= 11 is 3.33. The standard InChI is InChI=1S/C15H16BrFN2O/c1-10(18-2)14-6-4-12(17)7-15(14)20-9-13-5-3-11(16)8-19-13/h3-8,10,18H,9H2,1-2H3. The van der Waals surface area contributed by atoms with Crippen molar-refractivity contribution >= 4 is 15.9 Å². The lowest BCUT2D eigenvalue weighted by Gasteiger charge is -2.16. The van der Waals surface area contributed by atoms with E-state index in [0.29, 0.717) is 12.4 Å². The molecule has 0 amide bonds. The molecule has 0 radical (unpaired) electrons. The van der Waals surface area contributed by atoms with E-state index in [2.05, 4.69) is 26.2 Å². The molecule has 0 saturated heterocycles. The quantitative estimate of drug-likeness (QED) is 0.899. The maximum absolute atomic E-state index is 13.4. The third-order valence-electron chi connectivity index (χ3n) is 3.04. The Bertz CT molecular complexity index is 575. The normalized spacial score (nSPS) is 12.2. The number of hydrogen-bond donors (Lipinski definition) is 1. The van der Waals surface area contributed by atoms with Gasteiger partial charge in [0, 0.05) is 28.3 Å². The van der Waals surface area contributed by atoms with Gasteiger partial charge < -0.3 is 10.1 Å². The highest BCUT2D eigenvalue weighted by Gasteiger charge is 2.11. The van der Waals surface area contributed by atoms with Crippen molar-refractivity contribution in [3.05, 3.63) is 58.1 Å². The zero-order valence-electron chi connectivity index (χ0n) is 11.4. The molecule has 0 saturated carbocycles. The van der Waals surface area contributed by atoms with Crippen molar-refractivity contribution in [3.8, 4) is 5.75 Å². The Morgan fingerprint density at radius 1 is 1.35 bits per heavy atom. The van der Waals surface area contributed by atoms with E-state index in [1.54, 1.807) is 12.3 Å². The molecule has 20 heavy (non-hydrogen) atoms. The number of hydrogen-bond acceptors (Lipinski definition) is 3. The first-order chi connectivity index (χ1) is 9.60. The molecule has 0 fully saturated rings. The van der Waals surface area contributed by atoms with Gasteiger partial charge in [-0.15, -0.1) is 0 Å². The van der Waals surface area contributed by atoms with Gasteiger partial charge in [-0.1, -0.05) is 6.07 Å². The minimum Gasteiger partial charge on any atom is -0.487 e. The third-order valence-corrected chi connectivity index (χ3v) is 3.51. The zero-order chi connectivity index (χ0) is 14.5. The summed E-state index contributed by atoms with van der Waals surface area (Å²) in [6.07, 6.45) is 1.71. The molecule has 1 aromatic carbocycles. The summed E-state index contributed by atoms with van der Waals surface area (Å²) < 4.78 is 20.0. The molecular weight excluding hydrogens is 323 g/mol. The summed E-state index contributed by atoms with van der Waals surface area (Å²) in [6, 6.07) is 8.43. The van der Waals surface area contributed by atoms with Crippen LogP contribution in [0.2, 0.25) is 0 Å². The zero-order valence-corrected chi connectivity index (χ0v) is 12.9. The van der Waals surface area contributed by atoms with E-state index in [-0.39, 0.29) is 11.9 Å². The highest BCUT2D eigenvalue weighted by atomic mass is 79.9. The van der Waals surface area contributed by atoms with Gasteiger partial charge >= 0.3 is 0 Å². The lowest BCUT2D eigenvalue weighted by molar-refractivity contribution is 0.294. The van der Waals surface area contributed by atoms with Crippen molar-refractivity contribution in [1.82, 2.24) is 10.3 Å². The number of aromatic nitrogens is 1. The van der Waals surface area contributed by atoms with E-state index in [0.717, 1.165) is 15.7 Å². The van der Waals surface area contributed by atoms with Crippen LogP contribution in [0, 0.1) is 5.82 Å². The molecule has 0 aliphatic heterocycles. The maximum Gasteiger partial charge on any atom is 0.130 e. The molecule has 1 N–H and O–H groups in total. The molecule has 1 unspecified atom stereocenters. The van der Waals surface area contributed by atoms with Gasteiger partial charge in [0.2, 0.25) is 0 Å². The number of ether oxygens (including phenoxy) is 1. The van der Waals surface area contributed by atoms with Gasteiger partial charge in [-0.25, -0.2) is 4.39 Å². The van der Waals surface area contributed by atoms with E-state index < -0.39 is 0 Å². The molecule has 0 spiro atoms. The highest BCUT2D eigenvalue weighted by Crippen LogP contribution is 2.26. The Morgan fingerprint density at radius 3 is 2.80 bits per heavy atom. The van der Waals surface area contributed by atoms with E-state index in [1.165, 1.54) is 12.1 Å². The second kappa shape index (κ2) is 6.81. The summed E-state index contributed by atoms with van der Waals surface area (Å²) in [4.78, 5) is 4.23. The molecule has 3 nitrogen and oxygen atoms in total. The summed E-state index contributed by atoms with van der Waals surface area (Å²) in [5, 5.41) is 3.12. The fourth-order valence-electron chi connectivity index (χ4n) is 1.79. The van der Waals surface area contributed by atoms with Crippen molar-refractivity contribution in [2.75, 3.05) is 7.05 Å². The number of rotatable bonds is 5. The Morgan fingerprint density at radius 2 is 2.15 bits per heavy atom. The monoisotopic (exact) mass is 338 g/mol. The first kappa shape index (κ1) is 14.9.